The van der Waals surface area contributed by atoms with E-state index in [1.165, 1.54) is 5.56 Å². The third-order valence-electron chi connectivity index (χ3n) is 2.00. The lowest BCUT2D eigenvalue weighted by Crippen LogP contribution is -1.98. The number of allylic oxidation sites excluding steroid dienone is 1. The lowest BCUT2D eigenvalue weighted by molar-refractivity contribution is 0.0983. The summed E-state index contributed by atoms with van der Waals surface area (Å²) in [4.78, 5) is 11.6. The second-order valence-corrected chi connectivity index (χ2v) is 4.43. The van der Waals surface area contributed by atoms with Gasteiger partial charge in [-0.2, -0.15) is 0 Å². The molecule has 74 valence electrons. The van der Waals surface area contributed by atoms with Crippen molar-refractivity contribution < 1.29 is 4.79 Å². The van der Waals surface area contributed by atoms with Gasteiger partial charge in [-0.05, 0) is 17.8 Å². The summed E-state index contributed by atoms with van der Waals surface area (Å²) in [6, 6.07) is 7.65. The van der Waals surface area contributed by atoms with Crippen LogP contribution in [0.15, 0.2) is 35.3 Å². The standard InChI is InChI=1S/C12H13BrO/c1-9-3-6-11(7-4-9)12(14)8-5-10(2)13/h3-4,6-7H,2,5,8H2,1H3. The molecule has 0 saturated heterocycles. The summed E-state index contributed by atoms with van der Waals surface area (Å²) in [6.07, 6.45) is 1.22. The quantitative estimate of drug-likeness (QED) is 0.744. The van der Waals surface area contributed by atoms with Crippen molar-refractivity contribution in [2.24, 2.45) is 0 Å². The van der Waals surface area contributed by atoms with Gasteiger partial charge in [0, 0.05) is 12.0 Å². The molecule has 0 atom stereocenters. The Balaban J connectivity index is 2.61. The number of benzene rings is 1. The van der Waals surface area contributed by atoms with Crippen molar-refractivity contribution in [3.63, 3.8) is 0 Å². The lowest BCUT2D eigenvalue weighted by Gasteiger charge is -2.00. The van der Waals surface area contributed by atoms with Crippen LogP contribution in [-0.2, 0) is 0 Å². The number of aryl methyl sites for hydroxylation is 1. The molecule has 14 heavy (non-hydrogen) atoms. The average Bonchev–Trinajstić information content (AvgIpc) is 2.15. The molecule has 0 aliphatic carbocycles. The highest BCUT2D eigenvalue weighted by Crippen LogP contribution is 2.13. The van der Waals surface area contributed by atoms with Crippen molar-refractivity contribution in [3.05, 3.63) is 46.5 Å². The molecule has 0 bridgehead atoms. The van der Waals surface area contributed by atoms with Gasteiger partial charge in [-0.25, -0.2) is 0 Å². The van der Waals surface area contributed by atoms with E-state index in [-0.39, 0.29) is 5.78 Å². The fraction of sp³-hybridized carbons (Fsp3) is 0.250. The highest BCUT2D eigenvalue weighted by Gasteiger charge is 2.04. The zero-order chi connectivity index (χ0) is 10.6. The largest absolute Gasteiger partial charge is 0.294 e. The van der Waals surface area contributed by atoms with E-state index in [1.807, 2.05) is 31.2 Å². The van der Waals surface area contributed by atoms with Gasteiger partial charge in [0.1, 0.15) is 0 Å². The predicted molar refractivity (Wildman–Crippen MR) is 62.8 cm³/mol. The second-order valence-electron chi connectivity index (χ2n) is 3.31. The van der Waals surface area contributed by atoms with Crippen molar-refractivity contribution in [3.8, 4) is 0 Å². The van der Waals surface area contributed by atoms with Gasteiger partial charge >= 0.3 is 0 Å². The van der Waals surface area contributed by atoms with Crippen LogP contribution in [-0.4, -0.2) is 5.78 Å². The van der Waals surface area contributed by atoms with E-state index < -0.39 is 0 Å². The Morgan fingerprint density at radius 1 is 1.29 bits per heavy atom. The predicted octanol–water partition coefficient (Wildman–Crippen LogP) is 3.87. The number of hydrogen-bond donors (Lipinski definition) is 0. The first-order chi connectivity index (χ1) is 6.59. The normalized spacial score (nSPS) is 9.86. The van der Waals surface area contributed by atoms with E-state index in [1.54, 1.807) is 0 Å². The van der Waals surface area contributed by atoms with Crippen LogP contribution < -0.4 is 0 Å². The molecule has 0 fully saturated rings. The number of rotatable bonds is 4. The minimum absolute atomic E-state index is 0.172. The third-order valence-corrected chi connectivity index (χ3v) is 2.39. The molecule has 0 aliphatic heterocycles. The van der Waals surface area contributed by atoms with Crippen LogP contribution >= 0.6 is 15.9 Å². The number of carbonyl (C=O) groups is 1. The molecule has 0 N–H and O–H groups in total. The molecule has 1 rings (SSSR count). The Bertz CT molecular complexity index is 338. The van der Waals surface area contributed by atoms with Crippen molar-refractivity contribution in [1.29, 1.82) is 0 Å². The Morgan fingerprint density at radius 2 is 1.86 bits per heavy atom. The summed E-state index contributed by atoms with van der Waals surface area (Å²) in [5.41, 5.74) is 1.95. The van der Waals surface area contributed by atoms with Crippen molar-refractivity contribution in [2.75, 3.05) is 0 Å². The van der Waals surface area contributed by atoms with Crippen LogP contribution in [0.4, 0.5) is 0 Å². The number of Topliss-reactive ketones (excluding diaryl/α,β-unsaturated/α-hetero) is 1. The smallest absolute Gasteiger partial charge is 0.163 e. The monoisotopic (exact) mass is 252 g/mol. The maximum absolute atomic E-state index is 11.6. The van der Waals surface area contributed by atoms with E-state index in [0.29, 0.717) is 12.8 Å². The first-order valence-electron chi connectivity index (χ1n) is 4.53. The maximum Gasteiger partial charge on any atom is 0.163 e. The summed E-state index contributed by atoms with van der Waals surface area (Å²) in [5.74, 6) is 0.172. The lowest BCUT2D eigenvalue weighted by atomic mass is 10.1. The van der Waals surface area contributed by atoms with Crippen LogP contribution in [0.2, 0.25) is 0 Å². The highest BCUT2D eigenvalue weighted by molar-refractivity contribution is 9.11. The van der Waals surface area contributed by atoms with Gasteiger partial charge in [0.05, 0.1) is 0 Å². The molecule has 0 amide bonds. The molecular formula is C12H13BrO. The molecule has 0 saturated carbocycles. The van der Waals surface area contributed by atoms with E-state index in [4.69, 9.17) is 0 Å². The first-order valence-corrected chi connectivity index (χ1v) is 5.32. The average molecular weight is 253 g/mol. The molecular weight excluding hydrogens is 240 g/mol. The number of ketones is 1. The van der Waals surface area contributed by atoms with Crippen molar-refractivity contribution in [1.82, 2.24) is 0 Å². The molecule has 1 aromatic rings. The van der Waals surface area contributed by atoms with Crippen LogP contribution in [0, 0.1) is 6.92 Å². The van der Waals surface area contributed by atoms with Gasteiger partial charge < -0.3 is 0 Å². The molecule has 0 aromatic heterocycles. The minimum Gasteiger partial charge on any atom is -0.294 e. The number of carbonyl (C=O) groups excluding carboxylic acids is 1. The summed E-state index contributed by atoms with van der Waals surface area (Å²) >= 11 is 3.24. The molecule has 1 aromatic carbocycles. The van der Waals surface area contributed by atoms with E-state index in [2.05, 4.69) is 22.5 Å². The van der Waals surface area contributed by atoms with Gasteiger partial charge in [0.2, 0.25) is 0 Å². The summed E-state index contributed by atoms with van der Waals surface area (Å²) in [7, 11) is 0. The fourth-order valence-electron chi connectivity index (χ4n) is 1.13. The van der Waals surface area contributed by atoms with Gasteiger partial charge in [0.15, 0.2) is 5.78 Å². The van der Waals surface area contributed by atoms with Crippen LogP contribution in [0.25, 0.3) is 0 Å². The summed E-state index contributed by atoms with van der Waals surface area (Å²) in [5, 5.41) is 0. The number of halogens is 1. The molecule has 0 radical (unpaired) electrons. The van der Waals surface area contributed by atoms with E-state index in [9.17, 15) is 4.79 Å². The Morgan fingerprint density at radius 3 is 2.36 bits per heavy atom. The summed E-state index contributed by atoms with van der Waals surface area (Å²) in [6.45, 7) is 5.71. The van der Waals surface area contributed by atoms with E-state index in [0.717, 1.165) is 10.0 Å². The summed E-state index contributed by atoms with van der Waals surface area (Å²) < 4.78 is 0.873. The molecule has 1 nitrogen and oxygen atoms in total. The Hall–Kier alpha value is -0.890. The molecule has 0 spiro atoms. The second kappa shape index (κ2) is 5.11. The number of hydrogen-bond acceptors (Lipinski definition) is 1. The van der Waals surface area contributed by atoms with Gasteiger partial charge in [-0.15, -0.1) is 0 Å². The van der Waals surface area contributed by atoms with E-state index >= 15 is 0 Å². The highest BCUT2D eigenvalue weighted by atomic mass is 79.9. The minimum atomic E-state index is 0.172. The SMILES string of the molecule is C=C(Br)CCC(=O)c1ccc(C)cc1. The first kappa shape index (κ1) is 11.2. The molecule has 0 aliphatic rings. The Labute approximate surface area is 93.0 Å². The van der Waals surface area contributed by atoms with Gasteiger partial charge in [0.25, 0.3) is 0 Å². The Kier molecular flexibility index (Phi) is 4.08. The van der Waals surface area contributed by atoms with Crippen molar-refractivity contribution in [2.45, 2.75) is 19.8 Å². The zero-order valence-electron chi connectivity index (χ0n) is 8.22. The van der Waals surface area contributed by atoms with Crippen LogP contribution in [0.1, 0.15) is 28.8 Å². The fourth-order valence-corrected chi connectivity index (χ4v) is 1.33. The van der Waals surface area contributed by atoms with Crippen molar-refractivity contribution >= 4 is 21.7 Å². The molecule has 2 heteroatoms. The van der Waals surface area contributed by atoms with Crippen LogP contribution in [0.5, 0.6) is 0 Å². The topological polar surface area (TPSA) is 17.1 Å². The molecule has 0 unspecified atom stereocenters. The van der Waals surface area contributed by atoms with Gasteiger partial charge in [-0.3, -0.25) is 4.79 Å². The maximum atomic E-state index is 11.6. The molecule has 0 heterocycles. The third kappa shape index (κ3) is 3.46. The zero-order valence-corrected chi connectivity index (χ0v) is 9.80. The van der Waals surface area contributed by atoms with Gasteiger partial charge in [-0.1, -0.05) is 52.3 Å². The van der Waals surface area contributed by atoms with Crippen LogP contribution in [0.3, 0.4) is 0 Å².